The van der Waals surface area contributed by atoms with Crippen molar-refractivity contribution in [1.82, 2.24) is 9.88 Å². The Labute approximate surface area is 141 Å². The van der Waals surface area contributed by atoms with E-state index in [0.29, 0.717) is 11.2 Å². The van der Waals surface area contributed by atoms with E-state index in [9.17, 15) is 9.18 Å². The molecule has 1 heterocycles. The van der Waals surface area contributed by atoms with Gasteiger partial charge in [-0.3, -0.25) is 4.79 Å². The number of anilines is 2. The lowest BCUT2D eigenvalue weighted by Gasteiger charge is -2.20. The van der Waals surface area contributed by atoms with Crippen LogP contribution in [0.5, 0.6) is 0 Å². The van der Waals surface area contributed by atoms with E-state index in [4.69, 9.17) is 0 Å². The molecule has 0 spiro atoms. The number of hydrogen-bond donors (Lipinski definition) is 1. The summed E-state index contributed by atoms with van der Waals surface area (Å²) in [6.45, 7) is 1.57. The summed E-state index contributed by atoms with van der Waals surface area (Å²) >= 11 is 0. The lowest BCUT2D eigenvalue weighted by molar-refractivity contribution is -0.138. The van der Waals surface area contributed by atoms with Gasteiger partial charge >= 0.3 is 5.97 Å². The van der Waals surface area contributed by atoms with Gasteiger partial charge in [0.05, 0.1) is 24.4 Å². The summed E-state index contributed by atoms with van der Waals surface area (Å²) in [7, 11) is 6.98. The fourth-order valence-corrected chi connectivity index (χ4v) is 2.41. The van der Waals surface area contributed by atoms with E-state index in [1.165, 1.54) is 13.2 Å². The van der Waals surface area contributed by atoms with Gasteiger partial charge in [0.1, 0.15) is 18.2 Å². The van der Waals surface area contributed by atoms with Crippen molar-refractivity contribution in [3.63, 3.8) is 0 Å². The lowest BCUT2D eigenvalue weighted by atomic mass is 10.1. The van der Waals surface area contributed by atoms with Crippen molar-refractivity contribution in [3.8, 4) is 0 Å². The molecule has 0 aliphatic carbocycles. The Kier molecular flexibility index (Phi) is 5.92. The molecular formula is C17H23FN4O2. The summed E-state index contributed by atoms with van der Waals surface area (Å²) in [4.78, 5) is 19.5. The largest absolute Gasteiger partial charge is 0.468 e. The number of hydrogen-bond acceptors (Lipinski definition) is 6. The van der Waals surface area contributed by atoms with Crippen LogP contribution >= 0.6 is 0 Å². The summed E-state index contributed by atoms with van der Waals surface area (Å²) in [5, 5.41) is 4.40. The van der Waals surface area contributed by atoms with E-state index in [2.05, 4.69) is 19.9 Å². The van der Waals surface area contributed by atoms with E-state index in [1.807, 2.05) is 20.2 Å². The van der Waals surface area contributed by atoms with Gasteiger partial charge in [-0.1, -0.05) is 12.1 Å². The van der Waals surface area contributed by atoms with Crippen LogP contribution in [0.1, 0.15) is 0 Å². The molecule has 0 bridgehead atoms. The van der Waals surface area contributed by atoms with Crippen LogP contribution in [0, 0.1) is 5.82 Å². The Balaban J connectivity index is 2.39. The van der Waals surface area contributed by atoms with Crippen LogP contribution in [0.2, 0.25) is 0 Å². The van der Waals surface area contributed by atoms with Gasteiger partial charge in [0.15, 0.2) is 0 Å². The quantitative estimate of drug-likeness (QED) is 0.781. The SMILES string of the molecule is COC(=O)CN(C)c1ncc(NCCN(C)C)c2cccc(F)c12. The predicted octanol–water partition coefficient (Wildman–Crippen LogP) is 1.96. The number of ether oxygens (including phenoxy) is 1. The van der Waals surface area contributed by atoms with E-state index in [0.717, 1.165) is 24.2 Å². The number of esters is 1. The summed E-state index contributed by atoms with van der Waals surface area (Å²) in [5.74, 6) is -0.369. The zero-order chi connectivity index (χ0) is 17.7. The summed E-state index contributed by atoms with van der Waals surface area (Å²) in [6.07, 6.45) is 1.67. The molecule has 24 heavy (non-hydrogen) atoms. The topological polar surface area (TPSA) is 57.7 Å². The van der Waals surface area contributed by atoms with Gasteiger partial charge in [-0.15, -0.1) is 0 Å². The third-order valence-electron chi connectivity index (χ3n) is 3.67. The number of benzene rings is 1. The molecule has 1 aromatic heterocycles. The first-order valence-corrected chi connectivity index (χ1v) is 7.67. The number of fused-ring (bicyclic) bond motifs is 1. The fraction of sp³-hybridized carbons (Fsp3) is 0.412. The van der Waals surface area contributed by atoms with Crippen molar-refractivity contribution in [3.05, 3.63) is 30.2 Å². The first-order chi connectivity index (χ1) is 11.4. The van der Waals surface area contributed by atoms with E-state index >= 15 is 0 Å². The normalized spacial score (nSPS) is 10.9. The molecule has 2 rings (SSSR count). The molecule has 1 N–H and O–H groups in total. The number of pyridine rings is 1. The standard InChI is InChI=1S/C17H23FN4O2/c1-21(2)9-8-19-14-10-20-17(22(3)11-15(23)24-4)16-12(14)6-5-7-13(16)18/h5-7,10,19H,8-9,11H2,1-4H3. The van der Waals surface area contributed by atoms with Crippen molar-refractivity contribution in [1.29, 1.82) is 0 Å². The number of aromatic nitrogens is 1. The van der Waals surface area contributed by atoms with Gasteiger partial charge in [0.2, 0.25) is 0 Å². The molecule has 0 unspecified atom stereocenters. The highest BCUT2D eigenvalue weighted by Gasteiger charge is 2.16. The maximum absolute atomic E-state index is 14.4. The highest BCUT2D eigenvalue weighted by atomic mass is 19.1. The molecule has 0 fully saturated rings. The third kappa shape index (κ3) is 4.11. The molecule has 0 aliphatic rings. The Bertz CT molecular complexity index is 721. The maximum Gasteiger partial charge on any atom is 0.325 e. The molecule has 130 valence electrons. The first-order valence-electron chi connectivity index (χ1n) is 7.67. The molecule has 0 radical (unpaired) electrons. The summed E-state index contributed by atoms with van der Waals surface area (Å²) < 4.78 is 19.1. The summed E-state index contributed by atoms with van der Waals surface area (Å²) in [6, 6.07) is 4.90. The van der Waals surface area contributed by atoms with Crippen LogP contribution in [0.25, 0.3) is 10.8 Å². The number of carbonyl (C=O) groups is 1. The Morgan fingerprint density at radius 1 is 1.33 bits per heavy atom. The van der Waals surface area contributed by atoms with Gasteiger partial charge < -0.3 is 19.9 Å². The van der Waals surface area contributed by atoms with Crippen molar-refractivity contribution < 1.29 is 13.9 Å². The van der Waals surface area contributed by atoms with Crippen LogP contribution in [0.4, 0.5) is 15.9 Å². The highest BCUT2D eigenvalue weighted by molar-refractivity contribution is 6.01. The fourth-order valence-electron chi connectivity index (χ4n) is 2.41. The number of nitrogens with zero attached hydrogens (tertiary/aromatic N) is 3. The monoisotopic (exact) mass is 334 g/mol. The van der Waals surface area contributed by atoms with Crippen LogP contribution in [-0.4, -0.2) is 63.7 Å². The predicted molar refractivity (Wildman–Crippen MR) is 94.0 cm³/mol. The Morgan fingerprint density at radius 3 is 2.75 bits per heavy atom. The minimum absolute atomic E-state index is 0.000336. The van der Waals surface area contributed by atoms with Gasteiger partial charge in [-0.05, 0) is 20.2 Å². The Morgan fingerprint density at radius 2 is 2.08 bits per heavy atom. The molecule has 1 aromatic carbocycles. The number of likely N-dealkylation sites (N-methyl/N-ethyl adjacent to an activating group) is 2. The van der Waals surface area contributed by atoms with Gasteiger partial charge in [-0.2, -0.15) is 0 Å². The lowest BCUT2D eigenvalue weighted by Crippen LogP contribution is -2.27. The highest BCUT2D eigenvalue weighted by Crippen LogP contribution is 2.31. The number of nitrogens with one attached hydrogen (secondary N) is 1. The van der Waals surface area contributed by atoms with Crippen molar-refractivity contribution in [2.45, 2.75) is 0 Å². The van der Waals surface area contributed by atoms with Crippen molar-refractivity contribution >= 4 is 28.2 Å². The average molecular weight is 334 g/mol. The molecule has 2 aromatic rings. The Hall–Kier alpha value is -2.41. The van der Waals surface area contributed by atoms with Crippen molar-refractivity contribution in [2.75, 3.05) is 58.1 Å². The van der Waals surface area contributed by atoms with Crippen LogP contribution in [0.15, 0.2) is 24.4 Å². The van der Waals surface area contributed by atoms with Crippen molar-refractivity contribution in [2.24, 2.45) is 0 Å². The molecule has 0 amide bonds. The number of halogens is 1. The average Bonchev–Trinajstić information content (AvgIpc) is 2.54. The second-order valence-corrected chi connectivity index (χ2v) is 5.82. The smallest absolute Gasteiger partial charge is 0.325 e. The van der Waals surface area contributed by atoms with E-state index < -0.39 is 5.97 Å². The minimum Gasteiger partial charge on any atom is -0.468 e. The molecule has 6 nitrogen and oxygen atoms in total. The molecule has 0 saturated carbocycles. The van der Waals surface area contributed by atoms with Gasteiger partial charge in [0, 0.05) is 25.5 Å². The van der Waals surface area contributed by atoms with Crippen LogP contribution < -0.4 is 10.2 Å². The van der Waals surface area contributed by atoms with E-state index in [-0.39, 0.29) is 12.4 Å². The van der Waals surface area contributed by atoms with Crippen LogP contribution in [-0.2, 0) is 9.53 Å². The zero-order valence-corrected chi connectivity index (χ0v) is 14.5. The third-order valence-corrected chi connectivity index (χ3v) is 3.67. The molecule has 7 heteroatoms. The van der Waals surface area contributed by atoms with Gasteiger partial charge in [-0.25, -0.2) is 9.37 Å². The maximum atomic E-state index is 14.4. The first kappa shape index (κ1) is 17.9. The zero-order valence-electron chi connectivity index (χ0n) is 14.5. The molecular weight excluding hydrogens is 311 g/mol. The number of methoxy groups -OCH3 is 1. The second kappa shape index (κ2) is 7.92. The molecule has 0 saturated heterocycles. The van der Waals surface area contributed by atoms with E-state index in [1.54, 1.807) is 24.2 Å². The number of rotatable bonds is 7. The minimum atomic E-state index is -0.406. The molecule has 0 atom stereocenters. The molecule has 0 aliphatic heterocycles. The van der Waals surface area contributed by atoms with Gasteiger partial charge in [0.25, 0.3) is 0 Å². The van der Waals surface area contributed by atoms with Crippen LogP contribution in [0.3, 0.4) is 0 Å². The number of carbonyl (C=O) groups excluding carboxylic acids is 1. The second-order valence-electron chi connectivity index (χ2n) is 5.82. The summed E-state index contributed by atoms with van der Waals surface area (Å²) in [5.41, 5.74) is 0.765.